The molecule has 0 saturated carbocycles. The number of hydrogen-bond donors (Lipinski definition) is 1. The van der Waals surface area contributed by atoms with Gasteiger partial charge in [0, 0.05) is 19.2 Å². The largest absolute Gasteiger partial charge is 0.319 e. The SMILES string of the molecule is CNCCc1cnc2c(n1)CCCC2. The van der Waals surface area contributed by atoms with Crippen LogP contribution in [0.3, 0.4) is 0 Å². The first kappa shape index (κ1) is 9.59. The molecule has 0 aromatic carbocycles. The van der Waals surface area contributed by atoms with E-state index in [9.17, 15) is 0 Å². The average molecular weight is 191 g/mol. The van der Waals surface area contributed by atoms with Gasteiger partial charge in [-0.05, 0) is 32.7 Å². The van der Waals surface area contributed by atoms with Crippen LogP contribution >= 0.6 is 0 Å². The Labute approximate surface area is 85.0 Å². The molecule has 1 aromatic heterocycles. The second-order valence-electron chi connectivity index (χ2n) is 3.82. The van der Waals surface area contributed by atoms with Gasteiger partial charge in [-0.25, -0.2) is 0 Å². The van der Waals surface area contributed by atoms with Gasteiger partial charge in [0.2, 0.25) is 0 Å². The van der Waals surface area contributed by atoms with Crippen molar-refractivity contribution in [1.29, 1.82) is 0 Å². The van der Waals surface area contributed by atoms with E-state index in [-0.39, 0.29) is 0 Å². The van der Waals surface area contributed by atoms with Gasteiger partial charge in [0.1, 0.15) is 0 Å². The zero-order valence-electron chi connectivity index (χ0n) is 8.71. The summed E-state index contributed by atoms with van der Waals surface area (Å²) in [4.78, 5) is 9.13. The maximum absolute atomic E-state index is 4.65. The van der Waals surface area contributed by atoms with E-state index < -0.39 is 0 Å². The number of nitrogens with zero attached hydrogens (tertiary/aromatic N) is 2. The summed E-state index contributed by atoms with van der Waals surface area (Å²) in [7, 11) is 1.96. The normalized spacial score (nSPS) is 15.2. The summed E-state index contributed by atoms with van der Waals surface area (Å²) >= 11 is 0. The Hall–Kier alpha value is -0.960. The van der Waals surface area contributed by atoms with Gasteiger partial charge in [-0.1, -0.05) is 0 Å². The average Bonchev–Trinajstić information content (AvgIpc) is 2.26. The third-order valence-corrected chi connectivity index (χ3v) is 2.69. The maximum Gasteiger partial charge on any atom is 0.0622 e. The van der Waals surface area contributed by atoms with E-state index in [0.29, 0.717) is 0 Å². The first-order valence-corrected chi connectivity index (χ1v) is 5.38. The Bertz CT molecular complexity index is 309. The van der Waals surface area contributed by atoms with Crippen molar-refractivity contribution in [3.8, 4) is 0 Å². The van der Waals surface area contributed by atoms with Crippen LogP contribution in [0.15, 0.2) is 6.20 Å². The summed E-state index contributed by atoms with van der Waals surface area (Å²) in [6, 6.07) is 0. The lowest BCUT2D eigenvalue weighted by Crippen LogP contribution is -2.14. The van der Waals surface area contributed by atoms with Crippen LogP contribution in [0.1, 0.15) is 29.9 Å². The minimum Gasteiger partial charge on any atom is -0.319 e. The molecule has 0 fully saturated rings. The molecule has 1 aliphatic rings. The number of fused-ring (bicyclic) bond motifs is 1. The lowest BCUT2D eigenvalue weighted by Gasteiger charge is -2.14. The minimum absolute atomic E-state index is 0.980. The summed E-state index contributed by atoms with van der Waals surface area (Å²) in [6.45, 7) is 0.980. The van der Waals surface area contributed by atoms with Gasteiger partial charge in [-0.15, -0.1) is 0 Å². The monoisotopic (exact) mass is 191 g/mol. The molecule has 1 aliphatic carbocycles. The number of aryl methyl sites for hydroxylation is 2. The topological polar surface area (TPSA) is 37.8 Å². The molecular formula is C11H17N3. The minimum atomic E-state index is 0.980. The van der Waals surface area contributed by atoms with Crippen molar-refractivity contribution >= 4 is 0 Å². The molecule has 0 amide bonds. The number of likely N-dealkylation sites (N-methyl/N-ethyl adjacent to an activating group) is 1. The van der Waals surface area contributed by atoms with E-state index in [4.69, 9.17) is 0 Å². The molecule has 0 saturated heterocycles. The quantitative estimate of drug-likeness (QED) is 0.778. The van der Waals surface area contributed by atoms with Crippen molar-refractivity contribution in [2.45, 2.75) is 32.1 Å². The second-order valence-corrected chi connectivity index (χ2v) is 3.82. The molecule has 1 aromatic rings. The summed E-state index contributed by atoms with van der Waals surface area (Å²) in [5.74, 6) is 0. The lowest BCUT2D eigenvalue weighted by molar-refractivity contribution is 0.639. The maximum atomic E-state index is 4.65. The molecule has 0 unspecified atom stereocenters. The van der Waals surface area contributed by atoms with E-state index in [1.54, 1.807) is 0 Å². The zero-order valence-corrected chi connectivity index (χ0v) is 8.71. The van der Waals surface area contributed by atoms with Crippen LogP contribution in [-0.4, -0.2) is 23.6 Å². The highest BCUT2D eigenvalue weighted by Gasteiger charge is 2.11. The van der Waals surface area contributed by atoms with Crippen molar-refractivity contribution in [3.63, 3.8) is 0 Å². The Morgan fingerprint density at radius 1 is 1.29 bits per heavy atom. The highest BCUT2D eigenvalue weighted by molar-refractivity contribution is 5.17. The Morgan fingerprint density at radius 2 is 2.07 bits per heavy atom. The summed E-state index contributed by atoms with van der Waals surface area (Å²) < 4.78 is 0. The smallest absolute Gasteiger partial charge is 0.0622 e. The predicted octanol–water partition coefficient (Wildman–Crippen LogP) is 1.12. The number of rotatable bonds is 3. The molecule has 0 aliphatic heterocycles. The van der Waals surface area contributed by atoms with Crippen LogP contribution in [0, 0.1) is 0 Å². The van der Waals surface area contributed by atoms with Crippen LogP contribution in [0.2, 0.25) is 0 Å². The molecular weight excluding hydrogens is 174 g/mol. The van der Waals surface area contributed by atoms with Gasteiger partial charge in [0.15, 0.2) is 0 Å². The van der Waals surface area contributed by atoms with E-state index >= 15 is 0 Å². The predicted molar refractivity (Wildman–Crippen MR) is 56.3 cm³/mol. The van der Waals surface area contributed by atoms with Crippen molar-refractivity contribution in [1.82, 2.24) is 15.3 Å². The van der Waals surface area contributed by atoms with E-state index in [1.807, 2.05) is 13.2 Å². The number of hydrogen-bond acceptors (Lipinski definition) is 3. The zero-order chi connectivity index (χ0) is 9.80. The van der Waals surface area contributed by atoms with E-state index in [1.165, 1.54) is 24.2 Å². The lowest BCUT2D eigenvalue weighted by atomic mass is 10.0. The van der Waals surface area contributed by atoms with Crippen LogP contribution in [0.4, 0.5) is 0 Å². The van der Waals surface area contributed by atoms with Crippen LogP contribution in [0.25, 0.3) is 0 Å². The highest BCUT2D eigenvalue weighted by Crippen LogP contribution is 2.17. The highest BCUT2D eigenvalue weighted by atomic mass is 14.8. The number of aromatic nitrogens is 2. The van der Waals surface area contributed by atoms with Crippen molar-refractivity contribution in [3.05, 3.63) is 23.3 Å². The Morgan fingerprint density at radius 3 is 2.86 bits per heavy atom. The van der Waals surface area contributed by atoms with Gasteiger partial charge in [-0.3, -0.25) is 9.97 Å². The first-order chi connectivity index (χ1) is 6.90. The summed E-state index contributed by atoms with van der Waals surface area (Å²) in [5, 5.41) is 3.13. The standard InChI is InChI=1S/C11H17N3/c1-12-7-6-9-8-13-10-4-2-3-5-11(10)14-9/h8,12H,2-7H2,1H3. The third kappa shape index (κ3) is 2.10. The first-order valence-electron chi connectivity index (χ1n) is 5.38. The Kier molecular flexibility index (Phi) is 3.09. The molecule has 1 heterocycles. The van der Waals surface area contributed by atoms with E-state index in [0.717, 1.165) is 31.5 Å². The molecule has 0 bridgehead atoms. The molecule has 0 spiro atoms. The van der Waals surface area contributed by atoms with Gasteiger partial charge < -0.3 is 5.32 Å². The summed E-state index contributed by atoms with van der Waals surface area (Å²) in [6.07, 6.45) is 7.71. The Balaban J connectivity index is 2.12. The molecule has 76 valence electrons. The number of nitrogens with one attached hydrogen (secondary N) is 1. The van der Waals surface area contributed by atoms with Crippen LogP contribution < -0.4 is 5.32 Å². The molecule has 2 rings (SSSR count). The molecule has 1 N–H and O–H groups in total. The van der Waals surface area contributed by atoms with Crippen LogP contribution in [0.5, 0.6) is 0 Å². The van der Waals surface area contributed by atoms with Gasteiger partial charge in [-0.2, -0.15) is 0 Å². The van der Waals surface area contributed by atoms with Gasteiger partial charge in [0.25, 0.3) is 0 Å². The molecule has 3 heteroatoms. The van der Waals surface area contributed by atoms with Crippen molar-refractivity contribution in [2.75, 3.05) is 13.6 Å². The van der Waals surface area contributed by atoms with E-state index in [2.05, 4.69) is 15.3 Å². The third-order valence-electron chi connectivity index (χ3n) is 2.69. The van der Waals surface area contributed by atoms with Gasteiger partial charge >= 0.3 is 0 Å². The molecule has 0 radical (unpaired) electrons. The fourth-order valence-corrected chi connectivity index (χ4v) is 1.86. The van der Waals surface area contributed by atoms with Crippen LogP contribution in [-0.2, 0) is 19.3 Å². The molecule has 0 atom stereocenters. The second kappa shape index (κ2) is 4.51. The van der Waals surface area contributed by atoms with Crippen molar-refractivity contribution in [2.24, 2.45) is 0 Å². The summed E-state index contributed by atoms with van der Waals surface area (Å²) in [5.41, 5.74) is 3.59. The fourth-order valence-electron chi connectivity index (χ4n) is 1.86. The fraction of sp³-hybridized carbons (Fsp3) is 0.636. The van der Waals surface area contributed by atoms with Gasteiger partial charge in [0.05, 0.1) is 17.1 Å². The molecule has 14 heavy (non-hydrogen) atoms. The van der Waals surface area contributed by atoms with Crippen molar-refractivity contribution < 1.29 is 0 Å². The molecule has 3 nitrogen and oxygen atoms in total.